The van der Waals surface area contributed by atoms with Gasteiger partial charge in [0.2, 0.25) is 0 Å². The Balaban J connectivity index is 2.23. The Morgan fingerprint density at radius 1 is 1.33 bits per heavy atom. The lowest BCUT2D eigenvalue weighted by molar-refractivity contribution is -0.128. The fourth-order valence-electron chi connectivity index (χ4n) is 3.38. The minimum absolute atomic E-state index is 0.239. The minimum atomic E-state index is -0.351. The van der Waals surface area contributed by atoms with Gasteiger partial charge in [0.05, 0.1) is 22.8 Å². The first-order valence-corrected chi connectivity index (χ1v) is 8.37. The third-order valence-electron chi connectivity index (χ3n) is 4.82. The summed E-state index contributed by atoms with van der Waals surface area (Å²) < 4.78 is 1.84. The lowest BCUT2D eigenvalue weighted by atomic mass is 9.75. The first-order chi connectivity index (χ1) is 10.0. The van der Waals surface area contributed by atoms with Crippen molar-refractivity contribution in [3.05, 3.63) is 16.4 Å². The van der Waals surface area contributed by atoms with Crippen LogP contribution in [0.15, 0.2) is 0 Å². The van der Waals surface area contributed by atoms with E-state index in [2.05, 4.69) is 5.10 Å². The smallest absolute Gasteiger partial charge is 0.146 e. The van der Waals surface area contributed by atoms with E-state index in [0.29, 0.717) is 18.0 Å². The van der Waals surface area contributed by atoms with Crippen LogP contribution in [0.1, 0.15) is 56.8 Å². The van der Waals surface area contributed by atoms with Crippen molar-refractivity contribution in [3.8, 4) is 0 Å². The van der Waals surface area contributed by atoms with Gasteiger partial charge in [-0.05, 0) is 26.7 Å². The molecule has 1 fully saturated rings. The molecule has 0 aromatic carbocycles. The largest absolute Gasteiger partial charge is 0.329 e. The monoisotopic (exact) mass is 311 g/mol. The Morgan fingerprint density at radius 2 is 1.95 bits per heavy atom. The zero-order valence-corrected chi connectivity index (χ0v) is 13.9. The summed E-state index contributed by atoms with van der Waals surface area (Å²) in [7, 11) is 0. The number of halogens is 1. The summed E-state index contributed by atoms with van der Waals surface area (Å²) in [6.45, 7) is 5.07. The molecule has 0 atom stereocenters. The number of aryl methyl sites for hydroxylation is 2. The van der Waals surface area contributed by atoms with Gasteiger partial charge < -0.3 is 5.73 Å². The van der Waals surface area contributed by atoms with E-state index >= 15 is 0 Å². The highest BCUT2D eigenvalue weighted by Gasteiger charge is 2.37. The third-order valence-corrected chi connectivity index (χ3v) is 5.32. The maximum absolute atomic E-state index is 12.9. The Kier molecular flexibility index (Phi) is 5.44. The molecular weight excluding hydrogens is 286 g/mol. The summed E-state index contributed by atoms with van der Waals surface area (Å²) in [5.74, 6) is 0.239. The number of nitrogens with zero attached hydrogens (tertiary/aromatic N) is 2. The highest BCUT2D eigenvalue weighted by atomic mass is 35.5. The van der Waals surface area contributed by atoms with Crippen LogP contribution in [0.3, 0.4) is 0 Å². The van der Waals surface area contributed by atoms with E-state index in [1.807, 2.05) is 18.5 Å². The zero-order chi connectivity index (χ0) is 15.5. The summed E-state index contributed by atoms with van der Waals surface area (Å²) in [5.41, 5.74) is 7.29. The number of hydrogen-bond donors (Lipinski definition) is 1. The van der Waals surface area contributed by atoms with Crippen molar-refractivity contribution in [3.63, 3.8) is 0 Å². The van der Waals surface area contributed by atoms with Crippen molar-refractivity contribution < 1.29 is 4.79 Å². The SMILES string of the molecule is CCn1nc(C)c(Cl)c1CC(=O)C1(CN)CCCCCC1. The second kappa shape index (κ2) is 6.93. The second-order valence-electron chi connectivity index (χ2n) is 6.16. The van der Waals surface area contributed by atoms with Crippen LogP contribution in [-0.2, 0) is 17.8 Å². The molecule has 5 heteroatoms. The fraction of sp³-hybridized carbons (Fsp3) is 0.750. The average molecular weight is 312 g/mol. The number of nitrogens with two attached hydrogens (primary N) is 1. The number of hydrogen-bond acceptors (Lipinski definition) is 3. The van der Waals surface area contributed by atoms with Gasteiger partial charge in [0, 0.05) is 18.5 Å². The Morgan fingerprint density at radius 3 is 2.48 bits per heavy atom. The number of aromatic nitrogens is 2. The van der Waals surface area contributed by atoms with Crippen LogP contribution in [0.5, 0.6) is 0 Å². The number of carbonyl (C=O) groups excluding carboxylic acids is 1. The predicted octanol–water partition coefficient (Wildman–Crippen LogP) is 3.28. The average Bonchev–Trinajstić information content (AvgIpc) is 2.69. The van der Waals surface area contributed by atoms with Crippen LogP contribution >= 0.6 is 11.6 Å². The molecule has 0 radical (unpaired) electrons. The Labute approximate surface area is 132 Å². The fourth-order valence-corrected chi connectivity index (χ4v) is 3.58. The minimum Gasteiger partial charge on any atom is -0.329 e. The van der Waals surface area contributed by atoms with Crippen LogP contribution < -0.4 is 5.73 Å². The van der Waals surface area contributed by atoms with Crippen molar-refractivity contribution in [1.82, 2.24) is 9.78 Å². The van der Waals surface area contributed by atoms with E-state index < -0.39 is 0 Å². The van der Waals surface area contributed by atoms with E-state index in [1.54, 1.807) is 0 Å². The topological polar surface area (TPSA) is 60.9 Å². The molecular formula is C16H26ClN3O. The molecule has 0 saturated heterocycles. The maximum Gasteiger partial charge on any atom is 0.146 e. The van der Waals surface area contributed by atoms with Crippen molar-refractivity contribution in [1.29, 1.82) is 0 Å². The van der Waals surface area contributed by atoms with E-state index in [-0.39, 0.29) is 11.2 Å². The molecule has 1 aromatic heterocycles. The van der Waals surface area contributed by atoms with Crippen LogP contribution in [0.2, 0.25) is 5.02 Å². The van der Waals surface area contributed by atoms with E-state index in [4.69, 9.17) is 17.3 Å². The van der Waals surface area contributed by atoms with Crippen LogP contribution in [0, 0.1) is 12.3 Å². The number of rotatable bonds is 5. The molecule has 1 aromatic rings. The van der Waals surface area contributed by atoms with Gasteiger partial charge in [-0.25, -0.2) is 0 Å². The van der Waals surface area contributed by atoms with Crippen molar-refractivity contribution in [2.45, 2.75) is 65.3 Å². The van der Waals surface area contributed by atoms with Gasteiger partial charge in [-0.1, -0.05) is 37.3 Å². The lowest BCUT2D eigenvalue weighted by Crippen LogP contribution is -2.39. The molecule has 1 saturated carbocycles. The molecule has 0 aliphatic heterocycles. The van der Waals surface area contributed by atoms with Gasteiger partial charge in [0.15, 0.2) is 0 Å². The zero-order valence-electron chi connectivity index (χ0n) is 13.1. The molecule has 4 nitrogen and oxygen atoms in total. The quantitative estimate of drug-likeness (QED) is 0.849. The number of ketones is 1. The first-order valence-electron chi connectivity index (χ1n) is 7.99. The van der Waals surface area contributed by atoms with Crippen molar-refractivity contribution in [2.75, 3.05) is 6.54 Å². The highest BCUT2D eigenvalue weighted by molar-refractivity contribution is 6.32. The predicted molar refractivity (Wildman–Crippen MR) is 85.5 cm³/mol. The molecule has 0 spiro atoms. The maximum atomic E-state index is 12.9. The summed E-state index contributed by atoms with van der Waals surface area (Å²) >= 11 is 6.33. The molecule has 0 unspecified atom stereocenters. The van der Waals surface area contributed by atoms with Gasteiger partial charge in [0.1, 0.15) is 5.78 Å². The Hall–Kier alpha value is -0.870. The van der Waals surface area contributed by atoms with E-state index in [0.717, 1.165) is 43.6 Å². The van der Waals surface area contributed by atoms with Crippen molar-refractivity contribution in [2.24, 2.45) is 11.1 Å². The van der Waals surface area contributed by atoms with Gasteiger partial charge in [-0.3, -0.25) is 9.48 Å². The third kappa shape index (κ3) is 3.32. The molecule has 118 valence electrons. The molecule has 1 heterocycles. The molecule has 21 heavy (non-hydrogen) atoms. The standard InChI is InChI=1S/C16H26ClN3O/c1-3-20-13(15(17)12(2)19-20)10-14(21)16(11-18)8-6-4-5-7-9-16/h3-11,18H2,1-2H3. The molecule has 1 aliphatic rings. The molecule has 2 N–H and O–H groups in total. The molecule has 1 aliphatic carbocycles. The number of Topliss-reactive ketones (excluding diaryl/α,β-unsaturated/α-hetero) is 1. The molecule has 0 amide bonds. The van der Waals surface area contributed by atoms with Gasteiger partial charge in [0.25, 0.3) is 0 Å². The van der Waals surface area contributed by atoms with Gasteiger partial charge in [-0.15, -0.1) is 0 Å². The van der Waals surface area contributed by atoms with Crippen LogP contribution in [0.25, 0.3) is 0 Å². The normalized spacial score (nSPS) is 18.5. The highest BCUT2D eigenvalue weighted by Crippen LogP contribution is 2.36. The lowest BCUT2D eigenvalue weighted by Gasteiger charge is -2.29. The molecule has 2 rings (SSSR count). The van der Waals surface area contributed by atoms with Gasteiger partial charge >= 0.3 is 0 Å². The number of carbonyl (C=O) groups is 1. The summed E-state index contributed by atoms with van der Waals surface area (Å²) in [6, 6.07) is 0. The summed E-state index contributed by atoms with van der Waals surface area (Å²) in [6.07, 6.45) is 6.80. The van der Waals surface area contributed by atoms with E-state index in [1.165, 1.54) is 12.8 Å². The second-order valence-corrected chi connectivity index (χ2v) is 6.54. The van der Waals surface area contributed by atoms with Crippen LogP contribution in [0.4, 0.5) is 0 Å². The molecule has 0 bridgehead atoms. The van der Waals surface area contributed by atoms with Crippen molar-refractivity contribution >= 4 is 17.4 Å². The Bertz CT molecular complexity index is 502. The summed E-state index contributed by atoms with van der Waals surface area (Å²) in [5, 5.41) is 5.03. The summed E-state index contributed by atoms with van der Waals surface area (Å²) in [4.78, 5) is 12.9. The van der Waals surface area contributed by atoms with E-state index in [9.17, 15) is 4.79 Å². The first kappa shape index (κ1) is 16.5. The van der Waals surface area contributed by atoms with Gasteiger partial charge in [-0.2, -0.15) is 5.10 Å². The van der Waals surface area contributed by atoms with Crippen LogP contribution in [-0.4, -0.2) is 22.1 Å².